The fourth-order valence-corrected chi connectivity index (χ4v) is 4.35. The van der Waals surface area contributed by atoms with Crippen molar-refractivity contribution in [1.29, 1.82) is 0 Å². The Balaban J connectivity index is 2.08. The van der Waals surface area contributed by atoms with E-state index in [2.05, 4.69) is 5.32 Å². The van der Waals surface area contributed by atoms with Crippen molar-refractivity contribution in [3.63, 3.8) is 0 Å². The van der Waals surface area contributed by atoms with Gasteiger partial charge >= 0.3 is 0 Å². The van der Waals surface area contributed by atoms with Crippen LogP contribution in [0.1, 0.15) is 23.7 Å². The third kappa shape index (κ3) is 5.24. The Morgan fingerprint density at radius 3 is 2.84 bits per heavy atom. The first-order valence-corrected chi connectivity index (χ1v) is 9.89. The molecule has 0 radical (unpaired) electrons. The lowest BCUT2D eigenvalue weighted by molar-refractivity contribution is 0.0392. The number of nitrogens with one attached hydrogen (secondary N) is 1. The predicted octanol–water partition coefficient (Wildman–Crippen LogP) is 0.778. The van der Waals surface area contributed by atoms with Crippen LogP contribution in [-0.2, 0) is 14.8 Å². The van der Waals surface area contributed by atoms with E-state index in [1.165, 1.54) is 16.4 Å². The molecule has 0 aromatic heterocycles. The van der Waals surface area contributed by atoms with Gasteiger partial charge in [-0.2, -0.15) is 4.31 Å². The van der Waals surface area contributed by atoms with E-state index in [1.807, 2.05) is 25.9 Å². The summed E-state index contributed by atoms with van der Waals surface area (Å²) in [4.78, 5) is 14.4. The second kappa shape index (κ2) is 8.75. The second-order valence-corrected chi connectivity index (χ2v) is 8.37. The molecule has 0 bridgehead atoms. The maximum absolute atomic E-state index is 12.8. The van der Waals surface area contributed by atoms with Crippen LogP contribution in [0.25, 0.3) is 0 Å². The van der Waals surface area contributed by atoms with Gasteiger partial charge in [-0.25, -0.2) is 8.42 Å². The van der Waals surface area contributed by atoms with Gasteiger partial charge < -0.3 is 15.0 Å². The number of hydrogen-bond acceptors (Lipinski definition) is 5. The molecule has 1 aromatic rings. The Kier molecular flexibility index (Phi) is 6.95. The summed E-state index contributed by atoms with van der Waals surface area (Å²) in [5.74, 6) is -0.258. The van der Waals surface area contributed by atoms with Crippen molar-refractivity contribution in [3.8, 4) is 0 Å². The van der Waals surface area contributed by atoms with Crippen LogP contribution in [0.3, 0.4) is 0 Å². The minimum absolute atomic E-state index is 0.141. The highest BCUT2D eigenvalue weighted by Crippen LogP contribution is 2.21. The van der Waals surface area contributed by atoms with Crippen LogP contribution >= 0.6 is 0 Å². The Morgan fingerprint density at radius 1 is 1.40 bits per heavy atom. The monoisotopic (exact) mass is 369 g/mol. The normalized spacial score (nSPS) is 19.1. The van der Waals surface area contributed by atoms with E-state index in [1.54, 1.807) is 12.1 Å². The van der Waals surface area contributed by atoms with Gasteiger partial charge in [-0.05, 0) is 52.2 Å². The molecule has 0 spiro atoms. The van der Waals surface area contributed by atoms with E-state index in [9.17, 15) is 13.2 Å². The van der Waals surface area contributed by atoms with Gasteiger partial charge in [-0.15, -0.1) is 0 Å². The van der Waals surface area contributed by atoms with Crippen molar-refractivity contribution in [2.75, 3.05) is 46.9 Å². The van der Waals surface area contributed by atoms with Crippen molar-refractivity contribution >= 4 is 15.9 Å². The van der Waals surface area contributed by atoms with Gasteiger partial charge in [0.15, 0.2) is 0 Å². The van der Waals surface area contributed by atoms with Gasteiger partial charge in [0, 0.05) is 24.7 Å². The maximum atomic E-state index is 12.8. The number of amides is 1. The number of carbonyl (C=O) groups is 1. The second-order valence-electron chi connectivity index (χ2n) is 6.48. The minimum atomic E-state index is -3.64. The first-order valence-electron chi connectivity index (χ1n) is 8.45. The van der Waals surface area contributed by atoms with Gasteiger partial charge in [-0.3, -0.25) is 4.79 Å². The summed E-state index contributed by atoms with van der Waals surface area (Å²) in [5.41, 5.74) is 0.354. The maximum Gasteiger partial charge on any atom is 0.251 e. The standard InChI is InChI=1S/C17H27N3O4S/c1-14-13-24-11-10-20(14)25(22,23)16-7-4-6-15(12-16)17(21)18-8-5-9-19(2)3/h4,6-7,12,14H,5,8-11,13H2,1-3H3,(H,18,21). The molecule has 2 rings (SSSR count). The molecule has 7 nitrogen and oxygen atoms in total. The van der Waals surface area contributed by atoms with Gasteiger partial charge in [0.05, 0.1) is 18.1 Å². The summed E-state index contributed by atoms with van der Waals surface area (Å²) < 4.78 is 32.4. The van der Waals surface area contributed by atoms with Gasteiger partial charge in [-0.1, -0.05) is 6.07 Å². The average Bonchev–Trinajstić information content (AvgIpc) is 2.58. The number of hydrogen-bond donors (Lipinski definition) is 1. The first-order chi connectivity index (χ1) is 11.8. The summed E-state index contributed by atoms with van der Waals surface area (Å²) in [5, 5.41) is 2.83. The van der Waals surface area contributed by atoms with Crippen molar-refractivity contribution in [1.82, 2.24) is 14.5 Å². The first kappa shape index (κ1) is 19.8. The number of carbonyl (C=O) groups excluding carboxylic acids is 1. The van der Waals surface area contributed by atoms with Crippen molar-refractivity contribution in [2.24, 2.45) is 0 Å². The fraction of sp³-hybridized carbons (Fsp3) is 0.588. The van der Waals surface area contributed by atoms with Crippen LogP contribution in [0, 0.1) is 0 Å². The minimum Gasteiger partial charge on any atom is -0.378 e. The molecule has 1 aliphatic heterocycles. The highest BCUT2D eigenvalue weighted by atomic mass is 32.2. The third-order valence-corrected chi connectivity index (χ3v) is 6.09. The van der Waals surface area contributed by atoms with Crippen molar-refractivity contribution < 1.29 is 17.9 Å². The number of rotatable bonds is 7. The van der Waals surface area contributed by atoms with Crippen LogP contribution in [0.4, 0.5) is 0 Å². The number of morpholine rings is 1. The molecule has 8 heteroatoms. The van der Waals surface area contributed by atoms with Crippen LogP contribution in [0.2, 0.25) is 0 Å². The summed E-state index contributed by atoms with van der Waals surface area (Å²) in [7, 11) is 0.313. The summed E-state index contributed by atoms with van der Waals surface area (Å²) >= 11 is 0. The Hall–Kier alpha value is -1.48. The van der Waals surface area contributed by atoms with Crippen LogP contribution in [0.5, 0.6) is 0 Å². The molecular weight excluding hydrogens is 342 g/mol. The summed E-state index contributed by atoms with van der Waals surface area (Å²) in [6, 6.07) is 5.98. The summed E-state index contributed by atoms with van der Waals surface area (Å²) in [6.45, 7) is 4.33. The number of sulfonamides is 1. The zero-order valence-electron chi connectivity index (χ0n) is 15.1. The highest BCUT2D eigenvalue weighted by molar-refractivity contribution is 7.89. The molecule has 1 aromatic carbocycles. The zero-order valence-corrected chi connectivity index (χ0v) is 15.9. The molecule has 1 fully saturated rings. The van der Waals surface area contributed by atoms with Crippen LogP contribution in [0.15, 0.2) is 29.2 Å². The largest absolute Gasteiger partial charge is 0.378 e. The lowest BCUT2D eigenvalue weighted by Gasteiger charge is -2.32. The van der Waals surface area contributed by atoms with Crippen LogP contribution < -0.4 is 5.32 Å². The van der Waals surface area contributed by atoms with Gasteiger partial charge in [0.25, 0.3) is 5.91 Å². The quantitative estimate of drug-likeness (QED) is 0.719. The highest BCUT2D eigenvalue weighted by Gasteiger charge is 2.31. The lowest BCUT2D eigenvalue weighted by Crippen LogP contribution is -2.46. The molecule has 140 valence electrons. The number of ether oxygens (including phenoxy) is 1. The van der Waals surface area contributed by atoms with Gasteiger partial charge in [0.2, 0.25) is 10.0 Å². The molecule has 0 aliphatic carbocycles. The van der Waals surface area contributed by atoms with E-state index in [0.717, 1.165) is 13.0 Å². The number of benzene rings is 1. The SMILES string of the molecule is CC1COCCN1S(=O)(=O)c1cccc(C(=O)NCCCN(C)C)c1. The average molecular weight is 369 g/mol. The fourth-order valence-electron chi connectivity index (χ4n) is 2.70. The Bertz CT molecular complexity index is 691. The van der Waals surface area contributed by atoms with Gasteiger partial charge in [0.1, 0.15) is 0 Å². The van der Waals surface area contributed by atoms with Crippen molar-refractivity contribution in [2.45, 2.75) is 24.3 Å². The predicted molar refractivity (Wildman–Crippen MR) is 96.1 cm³/mol. The smallest absolute Gasteiger partial charge is 0.251 e. The molecule has 25 heavy (non-hydrogen) atoms. The molecular formula is C17H27N3O4S. The Labute approximate surface area is 150 Å². The molecule has 1 aliphatic rings. The van der Waals surface area contributed by atoms with E-state index < -0.39 is 10.0 Å². The third-order valence-electron chi connectivity index (χ3n) is 4.08. The molecule has 1 saturated heterocycles. The zero-order chi connectivity index (χ0) is 18.4. The summed E-state index contributed by atoms with van der Waals surface area (Å²) in [6.07, 6.45) is 0.835. The van der Waals surface area contributed by atoms with Crippen LogP contribution in [-0.4, -0.2) is 76.5 Å². The molecule has 1 amide bonds. The van der Waals surface area contributed by atoms with E-state index in [0.29, 0.717) is 31.9 Å². The topological polar surface area (TPSA) is 78.9 Å². The lowest BCUT2D eigenvalue weighted by atomic mass is 10.2. The van der Waals surface area contributed by atoms with Crippen molar-refractivity contribution in [3.05, 3.63) is 29.8 Å². The molecule has 1 N–H and O–H groups in total. The van der Waals surface area contributed by atoms with E-state index >= 15 is 0 Å². The Morgan fingerprint density at radius 2 is 2.16 bits per heavy atom. The van der Waals surface area contributed by atoms with E-state index in [4.69, 9.17) is 4.74 Å². The molecule has 1 atom stereocenters. The molecule has 1 unspecified atom stereocenters. The number of nitrogens with zero attached hydrogens (tertiary/aromatic N) is 2. The molecule has 1 heterocycles. The van der Waals surface area contributed by atoms with E-state index in [-0.39, 0.29) is 16.8 Å². The molecule has 0 saturated carbocycles.